The largest absolute Gasteiger partial charge is 0.410 e. The summed E-state index contributed by atoms with van der Waals surface area (Å²) < 4.78 is 26.8. The fourth-order valence-corrected chi connectivity index (χ4v) is 5.25. The molecule has 0 saturated carbocycles. The molecule has 4 rings (SSSR count). The van der Waals surface area contributed by atoms with E-state index in [1.807, 2.05) is 0 Å². The van der Waals surface area contributed by atoms with Crippen molar-refractivity contribution in [3.05, 3.63) is 83.6 Å². The van der Waals surface area contributed by atoms with E-state index in [9.17, 15) is 18.0 Å². The zero-order valence-electron chi connectivity index (χ0n) is 20.5. The number of nitrogens with zero attached hydrogens (tertiary/aromatic N) is 1. The Morgan fingerprint density at radius 2 is 1.68 bits per heavy atom. The molecule has 0 spiro atoms. The maximum Gasteiger partial charge on any atom is 0.275 e. The van der Waals surface area contributed by atoms with Crippen molar-refractivity contribution in [3.8, 4) is 0 Å². The Morgan fingerprint density at radius 1 is 1.08 bits per heavy atom. The maximum absolute atomic E-state index is 13.9. The van der Waals surface area contributed by atoms with E-state index in [0.29, 0.717) is 29.7 Å². The Balaban J connectivity index is 1.70. The number of nitrogens with one attached hydrogen (secondary N) is 4. The summed E-state index contributed by atoms with van der Waals surface area (Å²) in [7, 11) is -4.35. The minimum atomic E-state index is -4.35. The van der Waals surface area contributed by atoms with Gasteiger partial charge in [0.2, 0.25) is 5.91 Å². The van der Waals surface area contributed by atoms with Crippen molar-refractivity contribution < 1.29 is 22.8 Å². The van der Waals surface area contributed by atoms with E-state index in [1.54, 1.807) is 60.7 Å². The first-order valence-electron chi connectivity index (χ1n) is 12.1. The van der Waals surface area contributed by atoms with Crippen LogP contribution in [0.4, 0.5) is 0 Å². The molecule has 38 heavy (non-hydrogen) atoms. The molecule has 3 atom stereocenters. The number of hydrogen-bond acceptors (Lipinski definition) is 8. The van der Waals surface area contributed by atoms with Gasteiger partial charge in [0.05, 0.1) is 12.6 Å². The predicted molar refractivity (Wildman–Crippen MR) is 141 cm³/mol. The number of Topliss-reactive ketones (excluding diaryl/α,β-unsaturated/α-hetero) is 1. The zero-order valence-corrected chi connectivity index (χ0v) is 21.4. The molecule has 202 valence electrons. The molecule has 12 nitrogen and oxygen atoms in total. The molecule has 2 aromatic rings. The molecule has 2 aliphatic heterocycles. The fourth-order valence-electron chi connectivity index (χ4n) is 4.65. The summed E-state index contributed by atoms with van der Waals surface area (Å²) >= 11 is 0. The lowest BCUT2D eigenvalue weighted by Crippen LogP contribution is -2.61. The fraction of sp³-hybridized carbons (Fsp3) is 0.320. The SMILES string of the molecule is N=C(N)C1=CON(C(NC(=O)[C@H](NS(N)(=O)=O)C(c2ccccc2)c2ccccc2)C(=O)[C@@H]2CCCN2)C1. The number of rotatable bonds is 11. The molecule has 8 N–H and O–H groups in total. The summed E-state index contributed by atoms with van der Waals surface area (Å²) in [5.41, 5.74) is 7.24. The molecule has 0 aliphatic carbocycles. The van der Waals surface area contributed by atoms with Crippen LogP contribution in [0.3, 0.4) is 0 Å². The lowest BCUT2D eigenvalue weighted by atomic mass is 9.85. The molecule has 13 heteroatoms. The van der Waals surface area contributed by atoms with Crippen molar-refractivity contribution in [2.75, 3.05) is 13.1 Å². The average Bonchev–Trinajstić information content (AvgIpc) is 3.60. The monoisotopic (exact) mass is 541 g/mol. The lowest BCUT2D eigenvalue weighted by molar-refractivity contribution is -0.158. The summed E-state index contributed by atoms with van der Waals surface area (Å²) in [4.78, 5) is 32.9. The van der Waals surface area contributed by atoms with Gasteiger partial charge in [-0.1, -0.05) is 60.7 Å². The normalized spacial score (nSPS) is 19.4. The van der Waals surface area contributed by atoms with Crippen molar-refractivity contribution in [1.82, 2.24) is 20.4 Å². The summed E-state index contributed by atoms with van der Waals surface area (Å²) in [6.07, 6.45) is 1.31. The second-order valence-corrected chi connectivity index (χ2v) is 10.5. The predicted octanol–water partition coefficient (Wildman–Crippen LogP) is -0.189. The van der Waals surface area contributed by atoms with Gasteiger partial charge in [-0.15, -0.1) is 5.06 Å². The summed E-state index contributed by atoms with van der Waals surface area (Å²) in [5, 5.41) is 20.0. The van der Waals surface area contributed by atoms with Crippen molar-refractivity contribution in [2.24, 2.45) is 10.9 Å². The smallest absolute Gasteiger partial charge is 0.275 e. The van der Waals surface area contributed by atoms with Crippen LogP contribution in [0, 0.1) is 5.41 Å². The van der Waals surface area contributed by atoms with E-state index < -0.39 is 40.3 Å². The highest BCUT2D eigenvalue weighted by Gasteiger charge is 2.41. The van der Waals surface area contributed by atoms with Gasteiger partial charge in [0, 0.05) is 11.5 Å². The topological polar surface area (TPSA) is 193 Å². The third kappa shape index (κ3) is 6.62. The number of carbonyl (C=O) groups excluding carboxylic acids is 2. The van der Waals surface area contributed by atoms with Gasteiger partial charge in [-0.3, -0.25) is 15.0 Å². The van der Waals surface area contributed by atoms with Gasteiger partial charge in [0.15, 0.2) is 11.9 Å². The Hall–Kier alpha value is -3.62. The summed E-state index contributed by atoms with van der Waals surface area (Å²) in [6, 6.07) is 15.9. The first-order valence-corrected chi connectivity index (χ1v) is 13.6. The summed E-state index contributed by atoms with van der Waals surface area (Å²) in [6.45, 7) is 0.626. The van der Waals surface area contributed by atoms with E-state index in [1.165, 1.54) is 11.3 Å². The Bertz CT molecular complexity index is 1260. The minimum absolute atomic E-state index is 0.0210. The van der Waals surface area contributed by atoms with E-state index in [0.717, 1.165) is 6.42 Å². The number of benzene rings is 2. The molecule has 1 fully saturated rings. The molecule has 2 heterocycles. The molecule has 1 amide bonds. The van der Waals surface area contributed by atoms with Crippen LogP contribution in [-0.4, -0.2) is 62.3 Å². The van der Waals surface area contributed by atoms with Crippen molar-refractivity contribution in [3.63, 3.8) is 0 Å². The highest BCUT2D eigenvalue weighted by atomic mass is 32.2. The van der Waals surface area contributed by atoms with Gasteiger partial charge in [-0.2, -0.15) is 13.1 Å². The number of hydroxylamine groups is 2. The van der Waals surface area contributed by atoms with Crippen LogP contribution in [0.2, 0.25) is 0 Å². The lowest BCUT2D eigenvalue weighted by Gasteiger charge is -2.32. The molecule has 1 unspecified atom stereocenters. The highest BCUT2D eigenvalue weighted by Crippen LogP contribution is 2.29. The van der Waals surface area contributed by atoms with Gasteiger partial charge in [0.25, 0.3) is 10.2 Å². The van der Waals surface area contributed by atoms with Crippen molar-refractivity contribution >= 4 is 27.7 Å². The third-order valence-corrected chi connectivity index (χ3v) is 7.05. The quantitative estimate of drug-likeness (QED) is 0.166. The van der Waals surface area contributed by atoms with Crippen LogP contribution in [0.1, 0.15) is 29.9 Å². The van der Waals surface area contributed by atoms with E-state index in [4.69, 9.17) is 21.1 Å². The second kappa shape index (κ2) is 11.8. The van der Waals surface area contributed by atoms with Crippen LogP contribution < -0.4 is 26.2 Å². The van der Waals surface area contributed by atoms with Gasteiger partial charge >= 0.3 is 0 Å². The van der Waals surface area contributed by atoms with Crippen molar-refractivity contribution in [2.45, 2.75) is 37.0 Å². The van der Waals surface area contributed by atoms with Gasteiger partial charge in [-0.25, -0.2) is 5.14 Å². The minimum Gasteiger partial charge on any atom is -0.410 e. The third-order valence-electron chi connectivity index (χ3n) is 6.47. The number of amides is 1. The van der Waals surface area contributed by atoms with E-state index in [2.05, 4.69) is 15.4 Å². The van der Waals surface area contributed by atoms with Crippen LogP contribution in [0.25, 0.3) is 0 Å². The van der Waals surface area contributed by atoms with Crippen LogP contribution in [-0.2, 0) is 24.6 Å². The first-order chi connectivity index (χ1) is 18.1. The molecule has 1 saturated heterocycles. The van der Waals surface area contributed by atoms with Crippen LogP contribution >= 0.6 is 0 Å². The average molecular weight is 542 g/mol. The Morgan fingerprint density at radius 3 is 2.16 bits per heavy atom. The summed E-state index contributed by atoms with van der Waals surface area (Å²) in [5.74, 6) is -2.15. The van der Waals surface area contributed by atoms with Gasteiger partial charge in [-0.05, 0) is 30.5 Å². The van der Waals surface area contributed by atoms with Crippen molar-refractivity contribution in [1.29, 1.82) is 5.41 Å². The number of hydrogen-bond donors (Lipinski definition) is 6. The maximum atomic E-state index is 13.9. The molecular weight excluding hydrogens is 510 g/mol. The standard InChI is InChI=1S/C25H31N7O5S/c26-23(27)18-14-32(37-15-18)24(22(33)19-12-7-13-29-19)30-25(34)21(31-38(28,35)36)20(16-8-3-1-4-9-16)17-10-5-2-6-11-17/h1-6,8-11,15,19-21,24,29,31H,7,12-14H2,(H3,26,27)(H,30,34)(H2,28,35,36)/t19-,21+,24?/m0/s1. The highest BCUT2D eigenvalue weighted by molar-refractivity contribution is 7.87. The molecular formula is C25H31N7O5S. The van der Waals surface area contributed by atoms with E-state index in [-0.39, 0.29) is 18.2 Å². The van der Waals surface area contributed by atoms with Gasteiger partial charge in [0.1, 0.15) is 18.1 Å². The molecule has 0 aromatic heterocycles. The molecule has 0 radical (unpaired) electrons. The van der Waals surface area contributed by atoms with E-state index >= 15 is 0 Å². The molecule has 0 bridgehead atoms. The Labute approximate surface area is 221 Å². The zero-order chi connectivity index (χ0) is 27.3. The Kier molecular flexibility index (Phi) is 8.54. The van der Waals surface area contributed by atoms with Gasteiger partial charge < -0.3 is 21.2 Å². The molecule has 2 aromatic carbocycles. The number of ketones is 1. The molecule has 2 aliphatic rings. The van der Waals surface area contributed by atoms with Crippen LogP contribution in [0.5, 0.6) is 0 Å². The number of amidine groups is 1. The number of nitrogens with two attached hydrogens (primary N) is 2. The van der Waals surface area contributed by atoms with Crippen LogP contribution in [0.15, 0.2) is 72.5 Å². The number of carbonyl (C=O) groups is 2. The first kappa shape index (κ1) is 27.4. The second-order valence-electron chi connectivity index (χ2n) is 9.14.